The maximum atomic E-state index is 11.7. The highest BCUT2D eigenvalue weighted by Gasteiger charge is 2.28. The molecule has 1 aliphatic carbocycles. The zero-order chi connectivity index (χ0) is 8.32. The topological polar surface area (TPSA) is 0 Å². The van der Waals surface area contributed by atoms with E-state index < -0.39 is 12.6 Å². The summed E-state index contributed by atoms with van der Waals surface area (Å²) >= 11 is 0. The molecule has 0 unspecified atom stereocenters. The Balaban J connectivity index is 2.13. The first-order chi connectivity index (χ1) is 5.08. The Labute approximate surface area is 64.1 Å². The molecule has 0 aromatic rings. The molecule has 0 aromatic heterocycles. The Morgan fingerprint density at radius 1 is 1.18 bits per heavy atom. The van der Waals surface area contributed by atoms with Crippen molar-refractivity contribution in [2.24, 2.45) is 5.92 Å². The lowest BCUT2D eigenvalue weighted by atomic mass is 10.0. The quantitative estimate of drug-likeness (QED) is 0.549. The third-order valence-electron chi connectivity index (χ3n) is 1.94. The summed E-state index contributed by atoms with van der Waals surface area (Å²) in [5.41, 5.74) is 0. The van der Waals surface area contributed by atoms with Crippen LogP contribution in [0.15, 0.2) is 12.2 Å². The van der Waals surface area contributed by atoms with Gasteiger partial charge < -0.3 is 0 Å². The highest BCUT2D eigenvalue weighted by atomic mass is 19.4. The van der Waals surface area contributed by atoms with Crippen molar-refractivity contribution in [3.8, 4) is 0 Å². The number of halogens is 3. The first kappa shape index (κ1) is 8.62. The zero-order valence-electron chi connectivity index (χ0n) is 6.19. The molecule has 0 spiro atoms. The van der Waals surface area contributed by atoms with E-state index in [4.69, 9.17) is 0 Å². The van der Waals surface area contributed by atoms with E-state index in [9.17, 15) is 13.2 Å². The van der Waals surface area contributed by atoms with E-state index in [2.05, 4.69) is 0 Å². The van der Waals surface area contributed by atoms with Crippen LogP contribution in [0, 0.1) is 5.92 Å². The molecule has 0 saturated carbocycles. The molecule has 0 saturated heterocycles. The summed E-state index contributed by atoms with van der Waals surface area (Å²) in [4.78, 5) is 0. The molecule has 0 bridgehead atoms. The summed E-state index contributed by atoms with van der Waals surface area (Å²) < 4.78 is 35.1. The van der Waals surface area contributed by atoms with Crippen molar-refractivity contribution < 1.29 is 13.2 Å². The van der Waals surface area contributed by atoms with Crippen molar-refractivity contribution in [1.82, 2.24) is 0 Å². The average Bonchev–Trinajstić information content (AvgIpc) is 2.32. The average molecular weight is 164 g/mol. The SMILES string of the molecule is FC(F)(F)CCC1CC=CC1. The van der Waals surface area contributed by atoms with Gasteiger partial charge in [0.2, 0.25) is 0 Å². The van der Waals surface area contributed by atoms with Crippen molar-refractivity contribution in [3.05, 3.63) is 12.2 Å². The minimum atomic E-state index is -3.97. The van der Waals surface area contributed by atoms with Gasteiger partial charge in [-0.1, -0.05) is 12.2 Å². The van der Waals surface area contributed by atoms with Gasteiger partial charge in [-0.25, -0.2) is 0 Å². The fourth-order valence-electron chi connectivity index (χ4n) is 1.28. The van der Waals surface area contributed by atoms with Crippen LogP contribution >= 0.6 is 0 Å². The van der Waals surface area contributed by atoms with E-state index in [0.717, 1.165) is 12.8 Å². The Morgan fingerprint density at radius 3 is 2.18 bits per heavy atom. The molecule has 64 valence electrons. The van der Waals surface area contributed by atoms with Crippen LogP contribution in [0.2, 0.25) is 0 Å². The Kier molecular flexibility index (Phi) is 2.58. The summed E-state index contributed by atoms with van der Waals surface area (Å²) in [5.74, 6) is 0.247. The van der Waals surface area contributed by atoms with E-state index in [1.807, 2.05) is 12.2 Å². The highest BCUT2D eigenvalue weighted by Crippen LogP contribution is 2.29. The van der Waals surface area contributed by atoms with E-state index in [1.54, 1.807) is 0 Å². The zero-order valence-corrected chi connectivity index (χ0v) is 6.19. The smallest absolute Gasteiger partial charge is 0.171 e. The normalized spacial score (nSPS) is 19.5. The second-order valence-electron chi connectivity index (χ2n) is 2.96. The molecule has 0 aromatic carbocycles. The third-order valence-corrected chi connectivity index (χ3v) is 1.94. The van der Waals surface area contributed by atoms with Crippen LogP contribution in [0.5, 0.6) is 0 Å². The van der Waals surface area contributed by atoms with Gasteiger partial charge in [0.05, 0.1) is 0 Å². The predicted molar refractivity (Wildman–Crippen MR) is 37.2 cm³/mol. The first-order valence-electron chi connectivity index (χ1n) is 3.80. The molecule has 1 aliphatic rings. The van der Waals surface area contributed by atoms with Crippen molar-refractivity contribution >= 4 is 0 Å². The Hall–Kier alpha value is -0.470. The first-order valence-corrected chi connectivity index (χ1v) is 3.80. The van der Waals surface area contributed by atoms with E-state index >= 15 is 0 Å². The lowest BCUT2D eigenvalue weighted by Crippen LogP contribution is -2.09. The van der Waals surface area contributed by atoms with E-state index in [-0.39, 0.29) is 12.3 Å². The summed E-state index contributed by atoms with van der Waals surface area (Å²) in [6, 6.07) is 0. The standard InChI is InChI=1S/C8H11F3/c9-8(10,11)6-5-7-3-1-2-4-7/h1-2,7H,3-6H2. The van der Waals surface area contributed by atoms with Crippen LogP contribution in [0.1, 0.15) is 25.7 Å². The second kappa shape index (κ2) is 3.28. The molecule has 0 aliphatic heterocycles. The number of allylic oxidation sites excluding steroid dienone is 2. The van der Waals surface area contributed by atoms with Gasteiger partial charge in [0, 0.05) is 6.42 Å². The van der Waals surface area contributed by atoms with Crippen molar-refractivity contribution in [1.29, 1.82) is 0 Å². The summed E-state index contributed by atoms with van der Waals surface area (Å²) in [6.45, 7) is 0. The van der Waals surface area contributed by atoms with Crippen molar-refractivity contribution in [3.63, 3.8) is 0 Å². The number of hydrogen-bond donors (Lipinski definition) is 0. The van der Waals surface area contributed by atoms with Gasteiger partial charge in [0.15, 0.2) is 0 Å². The molecule has 0 amide bonds. The van der Waals surface area contributed by atoms with Crippen LogP contribution in [0.25, 0.3) is 0 Å². The Bertz CT molecular complexity index is 138. The summed E-state index contributed by atoms with van der Waals surface area (Å²) in [5, 5.41) is 0. The monoisotopic (exact) mass is 164 g/mol. The van der Waals surface area contributed by atoms with Crippen molar-refractivity contribution in [2.45, 2.75) is 31.9 Å². The molecule has 0 radical (unpaired) electrons. The van der Waals surface area contributed by atoms with Crippen molar-refractivity contribution in [2.75, 3.05) is 0 Å². The molecule has 0 fully saturated rings. The minimum Gasteiger partial charge on any atom is -0.171 e. The van der Waals surface area contributed by atoms with Crippen LogP contribution < -0.4 is 0 Å². The van der Waals surface area contributed by atoms with E-state index in [1.165, 1.54) is 0 Å². The van der Waals surface area contributed by atoms with Crippen LogP contribution in [-0.4, -0.2) is 6.18 Å². The predicted octanol–water partition coefficient (Wildman–Crippen LogP) is 3.30. The number of hydrogen-bond acceptors (Lipinski definition) is 0. The number of rotatable bonds is 2. The molecule has 0 N–H and O–H groups in total. The molecule has 0 heterocycles. The van der Waals surface area contributed by atoms with E-state index in [0.29, 0.717) is 0 Å². The lowest BCUT2D eigenvalue weighted by Gasteiger charge is -2.10. The summed E-state index contributed by atoms with van der Waals surface area (Å²) in [6.07, 6.45) is 1.27. The van der Waals surface area contributed by atoms with Gasteiger partial charge in [-0.05, 0) is 25.2 Å². The second-order valence-corrected chi connectivity index (χ2v) is 2.96. The third kappa shape index (κ3) is 3.44. The van der Waals surface area contributed by atoms with Gasteiger partial charge >= 0.3 is 6.18 Å². The van der Waals surface area contributed by atoms with Crippen LogP contribution in [-0.2, 0) is 0 Å². The van der Waals surface area contributed by atoms with Crippen LogP contribution in [0.4, 0.5) is 13.2 Å². The molecular formula is C8H11F3. The van der Waals surface area contributed by atoms with Gasteiger partial charge in [0.1, 0.15) is 0 Å². The van der Waals surface area contributed by atoms with Crippen LogP contribution in [0.3, 0.4) is 0 Å². The fourth-order valence-corrected chi connectivity index (χ4v) is 1.28. The maximum absolute atomic E-state index is 11.7. The molecule has 11 heavy (non-hydrogen) atoms. The fraction of sp³-hybridized carbons (Fsp3) is 0.750. The Morgan fingerprint density at radius 2 is 1.73 bits per heavy atom. The maximum Gasteiger partial charge on any atom is 0.389 e. The minimum absolute atomic E-state index is 0.247. The molecule has 1 rings (SSSR count). The van der Waals surface area contributed by atoms with Gasteiger partial charge in [0.25, 0.3) is 0 Å². The summed E-state index contributed by atoms with van der Waals surface area (Å²) in [7, 11) is 0. The molecule has 3 heteroatoms. The van der Waals surface area contributed by atoms with Gasteiger partial charge in [-0.3, -0.25) is 0 Å². The lowest BCUT2D eigenvalue weighted by molar-refractivity contribution is -0.137. The molecule has 0 atom stereocenters. The van der Waals surface area contributed by atoms with Gasteiger partial charge in [-0.2, -0.15) is 13.2 Å². The van der Waals surface area contributed by atoms with Gasteiger partial charge in [-0.15, -0.1) is 0 Å². The largest absolute Gasteiger partial charge is 0.389 e. The highest BCUT2D eigenvalue weighted by molar-refractivity contribution is 4.93. The molecule has 0 nitrogen and oxygen atoms in total. The molecular weight excluding hydrogens is 153 g/mol. The number of alkyl halides is 3.